The van der Waals surface area contributed by atoms with Gasteiger partial charge in [0.25, 0.3) is 0 Å². The fourth-order valence-corrected chi connectivity index (χ4v) is 2.15. The van der Waals surface area contributed by atoms with Crippen molar-refractivity contribution in [1.29, 1.82) is 0 Å². The largest absolute Gasteiger partial charge is 0.508 e. The summed E-state index contributed by atoms with van der Waals surface area (Å²) in [5.74, 6) is -1.20. The molecule has 2 aromatic rings. The van der Waals surface area contributed by atoms with E-state index in [4.69, 9.17) is 27.9 Å². The number of halogens is 2. The Morgan fingerprint density at radius 2 is 1.86 bits per heavy atom. The third-order valence-electron chi connectivity index (χ3n) is 2.65. The summed E-state index contributed by atoms with van der Waals surface area (Å²) < 4.78 is 4.89. The molecule has 0 atom stereocenters. The van der Waals surface area contributed by atoms with Crippen molar-refractivity contribution in [3.8, 4) is 5.75 Å². The van der Waals surface area contributed by atoms with Gasteiger partial charge in [0.1, 0.15) is 5.75 Å². The number of carbonyl (C=O) groups excluding carboxylic acids is 2. The number of ether oxygens (including phenoxy) is 1. The van der Waals surface area contributed by atoms with Crippen LogP contribution >= 0.6 is 23.2 Å². The number of rotatable bonds is 4. The lowest BCUT2D eigenvalue weighted by atomic mass is 10.1. The predicted octanol–water partition coefficient (Wildman–Crippen LogP) is 3.74. The molecule has 0 aliphatic heterocycles. The number of Topliss-reactive ketones (excluding diaryl/α,β-unsaturated/α-hetero) is 1. The molecule has 108 valence electrons. The Labute approximate surface area is 130 Å². The van der Waals surface area contributed by atoms with Crippen molar-refractivity contribution in [2.24, 2.45) is 0 Å². The molecule has 0 aromatic heterocycles. The fourth-order valence-electron chi connectivity index (χ4n) is 1.64. The highest BCUT2D eigenvalue weighted by Gasteiger charge is 2.14. The van der Waals surface area contributed by atoms with Crippen molar-refractivity contribution < 1.29 is 19.4 Å². The first-order chi connectivity index (χ1) is 9.97. The number of ketones is 1. The summed E-state index contributed by atoms with van der Waals surface area (Å²) >= 11 is 11.6. The van der Waals surface area contributed by atoms with Gasteiger partial charge in [-0.25, -0.2) is 4.79 Å². The van der Waals surface area contributed by atoms with Crippen molar-refractivity contribution in [3.63, 3.8) is 0 Å². The molecule has 0 amide bonds. The molecule has 21 heavy (non-hydrogen) atoms. The Bertz CT molecular complexity index is 698. The van der Waals surface area contributed by atoms with Crippen LogP contribution in [-0.2, 0) is 4.74 Å². The molecule has 0 aliphatic carbocycles. The van der Waals surface area contributed by atoms with Crippen molar-refractivity contribution in [3.05, 3.63) is 63.6 Å². The van der Waals surface area contributed by atoms with Gasteiger partial charge >= 0.3 is 5.97 Å². The lowest BCUT2D eigenvalue weighted by Crippen LogP contribution is -2.14. The average molecular weight is 325 g/mol. The highest BCUT2D eigenvalue weighted by atomic mass is 35.5. The zero-order valence-corrected chi connectivity index (χ0v) is 12.2. The summed E-state index contributed by atoms with van der Waals surface area (Å²) in [6.45, 7) is -0.449. The van der Waals surface area contributed by atoms with Crippen LogP contribution in [0.15, 0.2) is 42.5 Å². The molecule has 0 radical (unpaired) electrons. The van der Waals surface area contributed by atoms with E-state index in [1.165, 1.54) is 42.5 Å². The lowest BCUT2D eigenvalue weighted by Gasteiger charge is -2.06. The molecule has 0 bridgehead atoms. The number of carbonyl (C=O) groups is 2. The smallest absolute Gasteiger partial charge is 0.338 e. The minimum atomic E-state index is -0.704. The SMILES string of the molecule is O=C(OCC(=O)c1ccc(Cl)cc1Cl)c1cccc(O)c1. The lowest BCUT2D eigenvalue weighted by molar-refractivity contribution is 0.0474. The molecule has 1 N–H and O–H groups in total. The second-order valence-electron chi connectivity index (χ2n) is 4.17. The maximum absolute atomic E-state index is 11.9. The number of aromatic hydroxyl groups is 1. The summed E-state index contributed by atoms with van der Waals surface area (Å²) in [6.07, 6.45) is 0. The van der Waals surface area contributed by atoms with Crippen molar-refractivity contribution >= 4 is 35.0 Å². The predicted molar refractivity (Wildman–Crippen MR) is 79.2 cm³/mol. The van der Waals surface area contributed by atoms with E-state index in [0.29, 0.717) is 5.02 Å². The van der Waals surface area contributed by atoms with Gasteiger partial charge in [0.15, 0.2) is 6.61 Å². The van der Waals surface area contributed by atoms with Gasteiger partial charge in [-0.1, -0.05) is 29.3 Å². The Balaban J connectivity index is 2.02. The van der Waals surface area contributed by atoms with Crippen molar-refractivity contribution in [2.45, 2.75) is 0 Å². The molecule has 6 heteroatoms. The van der Waals surface area contributed by atoms with Crippen LogP contribution in [0.1, 0.15) is 20.7 Å². The molecule has 0 saturated heterocycles. The van der Waals surface area contributed by atoms with Gasteiger partial charge in [0.05, 0.1) is 10.6 Å². The minimum absolute atomic E-state index is 0.0588. The highest BCUT2D eigenvalue weighted by molar-refractivity contribution is 6.36. The molecular weight excluding hydrogens is 315 g/mol. The van der Waals surface area contributed by atoms with Crippen LogP contribution in [0.25, 0.3) is 0 Å². The molecule has 0 saturated carbocycles. The van der Waals surface area contributed by atoms with Crippen LogP contribution in [-0.4, -0.2) is 23.5 Å². The average Bonchev–Trinajstić information content (AvgIpc) is 2.44. The Hall–Kier alpha value is -2.04. The van der Waals surface area contributed by atoms with Crippen LogP contribution in [0.5, 0.6) is 5.75 Å². The normalized spacial score (nSPS) is 10.2. The molecule has 2 rings (SSSR count). The third-order valence-corrected chi connectivity index (χ3v) is 3.20. The molecule has 0 heterocycles. The van der Waals surface area contributed by atoms with Gasteiger partial charge < -0.3 is 9.84 Å². The van der Waals surface area contributed by atoms with Gasteiger partial charge in [-0.05, 0) is 36.4 Å². The minimum Gasteiger partial charge on any atom is -0.508 e. The number of esters is 1. The van der Waals surface area contributed by atoms with E-state index in [2.05, 4.69) is 0 Å². The van der Waals surface area contributed by atoms with Crippen LogP contribution in [0.3, 0.4) is 0 Å². The second-order valence-corrected chi connectivity index (χ2v) is 5.02. The summed E-state index contributed by atoms with van der Waals surface area (Å²) in [6, 6.07) is 10.1. The van der Waals surface area contributed by atoms with Crippen LogP contribution < -0.4 is 0 Å². The zero-order valence-electron chi connectivity index (χ0n) is 10.7. The first-order valence-corrected chi connectivity index (χ1v) is 6.67. The third kappa shape index (κ3) is 3.97. The second kappa shape index (κ2) is 6.61. The number of hydrogen-bond acceptors (Lipinski definition) is 4. The molecule has 0 unspecified atom stereocenters. The zero-order chi connectivity index (χ0) is 15.4. The van der Waals surface area contributed by atoms with E-state index in [-0.39, 0.29) is 21.9 Å². The number of benzene rings is 2. The van der Waals surface area contributed by atoms with Crippen molar-refractivity contribution in [2.75, 3.05) is 6.61 Å². The number of phenolic OH excluding ortho intramolecular Hbond substituents is 1. The standard InChI is InChI=1S/C15H10Cl2O4/c16-10-4-5-12(13(17)7-10)14(19)8-21-15(20)9-2-1-3-11(18)6-9/h1-7,18H,8H2. The first kappa shape index (κ1) is 15.4. The maximum Gasteiger partial charge on any atom is 0.338 e. The van der Waals surface area contributed by atoms with Crippen LogP contribution in [0.2, 0.25) is 10.0 Å². The summed E-state index contributed by atoms with van der Waals surface area (Å²) in [7, 11) is 0. The summed E-state index contributed by atoms with van der Waals surface area (Å²) in [5, 5.41) is 9.88. The highest BCUT2D eigenvalue weighted by Crippen LogP contribution is 2.21. The number of phenols is 1. The van der Waals surface area contributed by atoms with Crippen LogP contribution in [0, 0.1) is 0 Å². The van der Waals surface area contributed by atoms with Gasteiger partial charge in [0.2, 0.25) is 5.78 Å². The van der Waals surface area contributed by atoms with Gasteiger partial charge in [-0.3, -0.25) is 4.79 Å². The maximum atomic E-state index is 11.9. The monoisotopic (exact) mass is 324 g/mol. The van der Waals surface area contributed by atoms with E-state index in [1.54, 1.807) is 0 Å². The molecule has 0 spiro atoms. The molecule has 4 nitrogen and oxygen atoms in total. The molecule has 2 aromatic carbocycles. The van der Waals surface area contributed by atoms with E-state index >= 15 is 0 Å². The molecular formula is C15H10Cl2O4. The molecule has 0 fully saturated rings. The quantitative estimate of drug-likeness (QED) is 0.687. The molecule has 0 aliphatic rings. The topological polar surface area (TPSA) is 63.6 Å². The van der Waals surface area contributed by atoms with E-state index < -0.39 is 18.4 Å². The van der Waals surface area contributed by atoms with Gasteiger partial charge in [-0.2, -0.15) is 0 Å². The van der Waals surface area contributed by atoms with Crippen LogP contribution in [0.4, 0.5) is 0 Å². The van der Waals surface area contributed by atoms with E-state index in [1.807, 2.05) is 0 Å². The van der Waals surface area contributed by atoms with Gasteiger partial charge in [-0.15, -0.1) is 0 Å². The van der Waals surface area contributed by atoms with Crippen molar-refractivity contribution in [1.82, 2.24) is 0 Å². The first-order valence-electron chi connectivity index (χ1n) is 5.92. The Morgan fingerprint density at radius 1 is 1.10 bits per heavy atom. The fraction of sp³-hybridized carbons (Fsp3) is 0.0667. The summed E-state index contributed by atoms with van der Waals surface area (Å²) in [5.41, 5.74) is 0.384. The Morgan fingerprint density at radius 3 is 2.52 bits per heavy atom. The summed E-state index contributed by atoms with van der Waals surface area (Å²) in [4.78, 5) is 23.7. The Kier molecular flexibility index (Phi) is 4.83. The van der Waals surface area contributed by atoms with E-state index in [9.17, 15) is 14.7 Å². The van der Waals surface area contributed by atoms with E-state index in [0.717, 1.165) is 0 Å². The number of hydrogen-bond donors (Lipinski definition) is 1. The van der Waals surface area contributed by atoms with Gasteiger partial charge in [0, 0.05) is 10.6 Å².